The third kappa shape index (κ3) is 3.37. The van der Waals surface area contributed by atoms with Gasteiger partial charge in [0.05, 0.1) is 11.9 Å². The number of H-pyrrole nitrogens is 1. The lowest BCUT2D eigenvalue weighted by molar-refractivity contribution is 0.795. The number of hydrogen-bond donors (Lipinski definition) is 1. The molecule has 0 amide bonds. The predicted molar refractivity (Wildman–Crippen MR) is 137 cm³/mol. The average molecular weight is 422 g/mol. The van der Waals surface area contributed by atoms with Crippen LogP contribution in [0.25, 0.3) is 38.4 Å². The van der Waals surface area contributed by atoms with Crippen molar-refractivity contribution in [1.29, 1.82) is 0 Å². The highest BCUT2D eigenvalue weighted by Crippen LogP contribution is 2.37. The van der Waals surface area contributed by atoms with Gasteiger partial charge in [-0.15, -0.1) is 0 Å². The number of imidazole rings is 1. The molecule has 1 aliphatic heterocycles. The maximum Gasteiger partial charge on any atom is 0.109 e. The van der Waals surface area contributed by atoms with Crippen LogP contribution in [0.15, 0.2) is 53.8 Å². The van der Waals surface area contributed by atoms with Gasteiger partial charge in [0.2, 0.25) is 0 Å². The fraction of sp³-hybridized carbons (Fsp3) is 0.310. The Balaban J connectivity index is 1.60. The van der Waals surface area contributed by atoms with E-state index >= 15 is 0 Å². The fourth-order valence-corrected chi connectivity index (χ4v) is 4.70. The van der Waals surface area contributed by atoms with Crippen LogP contribution in [-0.4, -0.2) is 15.7 Å². The molecule has 1 aliphatic rings. The first-order valence-electron chi connectivity index (χ1n) is 11.6. The number of fused-ring (bicyclic) bond motifs is 3. The minimum absolute atomic E-state index is 0.392. The highest BCUT2D eigenvalue weighted by Gasteiger charge is 2.17. The lowest BCUT2D eigenvalue weighted by atomic mass is 9.89. The summed E-state index contributed by atoms with van der Waals surface area (Å²) in [6.07, 6.45) is 4.97. The van der Waals surface area contributed by atoms with Crippen LogP contribution in [0.1, 0.15) is 62.5 Å². The quantitative estimate of drug-likeness (QED) is 0.334. The zero-order valence-electron chi connectivity index (χ0n) is 19.9. The van der Waals surface area contributed by atoms with Gasteiger partial charge in [-0.25, -0.2) is 4.98 Å². The number of aromatic amines is 1. The molecule has 0 spiro atoms. The number of aromatic nitrogens is 2. The first-order valence-corrected chi connectivity index (χ1v) is 11.6. The van der Waals surface area contributed by atoms with Crippen molar-refractivity contribution in [3.63, 3.8) is 0 Å². The molecule has 5 rings (SSSR count). The first kappa shape index (κ1) is 20.7. The van der Waals surface area contributed by atoms with Crippen molar-refractivity contribution in [2.75, 3.05) is 0 Å². The average Bonchev–Trinajstić information content (AvgIpc) is 3.47. The summed E-state index contributed by atoms with van der Waals surface area (Å²) in [5.41, 5.74) is 8.84. The second kappa shape index (κ2) is 7.74. The third-order valence-corrected chi connectivity index (χ3v) is 6.95. The molecule has 0 aliphatic carbocycles. The van der Waals surface area contributed by atoms with Crippen molar-refractivity contribution in [3.05, 3.63) is 71.3 Å². The van der Waals surface area contributed by atoms with E-state index < -0.39 is 0 Å². The van der Waals surface area contributed by atoms with Gasteiger partial charge in [0, 0.05) is 29.8 Å². The molecule has 0 saturated heterocycles. The van der Waals surface area contributed by atoms with E-state index in [-0.39, 0.29) is 0 Å². The summed E-state index contributed by atoms with van der Waals surface area (Å²) in [7, 11) is 0. The zero-order chi connectivity index (χ0) is 22.6. The maximum absolute atomic E-state index is 4.66. The Bertz CT molecular complexity index is 1410. The van der Waals surface area contributed by atoms with Crippen molar-refractivity contribution in [2.24, 2.45) is 10.9 Å². The van der Waals surface area contributed by atoms with Crippen LogP contribution in [0.2, 0.25) is 0 Å². The molecule has 3 heteroatoms. The van der Waals surface area contributed by atoms with Crippen molar-refractivity contribution < 1.29 is 0 Å². The number of aliphatic imine (C=N–C) groups is 1. The molecule has 2 heterocycles. The molecule has 162 valence electrons. The van der Waals surface area contributed by atoms with Crippen molar-refractivity contribution in [1.82, 2.24) is 9.97 Å². The summed E-state index contributed by atoms with van der Waals surface area (Å²) in [6.45, 7) is 13.3. The molecule has 0 fully saturated rings. The number of nitrogens with one attached hydrogen (secondary N) is 1. The zero-order valence-corrected chi connectivity index (χ0v) is 19.9. The van der Waals surface area contributed by atoms with Gasteiger partial charge in [-0.1, -0.05) is 52.0 Å². The van der Waals surface area contributed by atoms with Gasteiger partial charge in [-0.3, -0.25) is 4.99 Å². The molecule has 1 N–H and O–H groups in total. The van der Waals surface area contributed by atoms with Crippen LogP contribution in [0, 0.1) is 19.8 Å². The van der Waals surface area contributed by atoms with E-state index in [4.69, 9.17) is 0 Å². The number of rotatable bonds is 4. The summed E-state index contributed by atoms with van der Waals surface area (Å²) in [5, 5.41) is 5.27. The molecule has 3 aromatic carbocycles. The van der Waals surface area contributed by atoms with Crippen LogP contribution >= 0.6 is 0 Å². The third-order valence-electron chi connectivity index (χ3n) is 6.95. The van der Waals surface area contributed by atoms with E-state index in [0.717, 1.165) is 17.9 Å². The van der Waals surface area contributed by atoms with Crippen LogP contribution in [0.5, 0.6) is 0 Å². The normalized spacial score (nSPS) is 14.1. The number of benzene rings is 3. The van der Waals surface area contributed by atoms with Crippen LogP contribution < -0.4 is 0 Å². The Hall–Kier alpha value is -3.20. The minimum Gasteiger partial charge on any atom is -0.342 e. The van der Waals surface area contributed by atoms with E-state index in [2.05, 4.69) is 99.1 Å². The summed E-state index contributed by atoms with van der Waals surface area (Å²) >= 11 is 0. The molecule has 0 bridgehead atoms. The molecule has 3 nitrogen and oxygen atoms in total. The van der Waals surface area contributed by atoms with E-state index in [1.807, 2.05) is 6.20 Å². The highest BCUT2D eigenvalue weighted by atomic mass is 14.9. The molecule has 0 saturated carbocycles. The van der Waals surface area contributed by atoms with Gasteiger partial charge in [0.1, 0.15) is 5.82 Å². The second-order valence-electron chi connectivity index (χ2n) is 9.71. The van der Waals surface area contributed by atoms with E-state index in [9.17, 15) is 0 Å². The second-order valence-corrected chi connectivity index (χ2v) is 9.71. The van der Waals surface area contributed by atoms with Gasteiger partial charge in [-0.2, -0.15) is 0 Å². The summed E-state index contributed by atoms with van der Waals surface area (Å²) < 4.78 is 0. The molecule has 32 heavy (non-hydrogen) atoms. The van der Waals surface area contributed by atoms with E-state index in [1.165, 1.54) is 55.1 Å². The fourth-order valence-electron chi connectivity index (χ4n) is 4.70. The van der Waals surface area contributed by atoms with Crippen molar-refractivity contribution in [3.8, 4) is 11.3 Å². The number of nitrogens with zero attached hydrogens (tertiary/aromatic N) is 2. The summed E-state index contributed by atoms with van der Waals surface area (Å²) in [6, 6.07) is 13.7. The van der Waals surface area contributed by atoms with Crippen LogP contribution in [0.3, 0.4) is 0 Å². The minimum atomic E-state index is 0.392. The van der Waals surface area contributed by atoms with Crippen molar-refractivity contribution >= 4 is 32.8 Å². The molecular formula is C29H31N3. The van der Waals surface area contributed by atoms with E-state index in [1.54, 1.807) is 0 Å². The number of allylic oxidation sites excluding steroid dienone is 1. The van der Waals surface area contributed by atoms with Crippen LogP contribution in [-0.2, 0) is 0 Å². The molecule has 4 aromatic rings. The first-order chi connectivity index (χ1) is 15.3. The summed E-state index contributed by atoms with van der Waals surface area (Å²) in [5.74, 6) is 1.92. The number of aryl methyl sites for hydroxylation is 2. The van der Waals surface area contributed by atoms with Crippen LogP contribution in [0.4, 0.5) is 0 Å². The maximum atomic E-state index is 4.66. The number of hydrogen-bond acceptors (Lipinski definition) is 2. The van der Waals surface area contributed by atoms with Gasteiger partial charge in [-0.05, 0) is 75.7 Å². The molecule has 0 radical (unpaired) electrons. The summed E-state index contributed by atoms with van der Waals surface area (Å²) in [4.78, 5) is 12.7. The topological polar surface area (TPSA) is 41.0 Å². The predicted octanol–water partition coefficient (Wildman–Crippen LogP) is 7.96. The van der Waals surface area contributed by atoms with Gasteiger partial charge in [0.25, 0.3) is 0 Å². The molecule has 0 unspecified atom stereocenters. The lowest BCUT2D eigenvalue weighted by Crippen LogP contribution is -2.04. The van der Waals surface area contributed by atoms with Gasteiger partial charge < -0.3 is 4.98 Å². The molecular weight excluding hydrogens is 390 g/mol. The molecule has 0 atom stereocenters. The SMILES string of the molecule is Cc1c(C)c2cc(-c3cnc(C(C)C)[nH]3)ccc2c2ccc(C3=CN=C(C(C)C)C3)cc12. The van der Waals surface area contributed by atoms with E-state index in [0.29, 0.717) is 11.8 Å². The monoisotopic (exact) mass is 421 g/mol. The Labute approximate surface area is 190 Å². The van der Waals surface area contributed by atoms with Crippen molar-refractivity contribution in [2.45, 2.75) is 53.9 Å². The van der Waals surface area contributed by atoms with Gasteiger partial charge >= 0.3 is 0 Å². The largest absolute Gasteiger partial charge is 0.342 e. The Kier molecular flexibility index (Phi) is 5.00. The lowest BCUT2D eigenvalue weighted by Gasteiger charge is -2.15. The van der Waals surface area contributed by atoms with Gasteiger partial charge in [0.15, 0.2) is 0 Å². The Morgan fingerprint density at radius 1 is 0.781 bits per heavy atom. The molecule has 1 aromatic heterocycles. The Morgan fingerprint density at radius 2 is 1.41 bits per heavy atom. The standard InChI is InChI=1S/C29H31N3/c1-16(2)27-13-22(14-30-27)20-7-9-23-24-10-8-21(28-15-31-29(32-28)17(3)4)12-26(24)19(6)18(5)25(23)11-20/h7-12,14-17H,13H2,1-6H3,(H,31,32). The Morgan fingerprint density at radius 3 is 1.97 bits per heavy atom. The smallest absolute Gasteiger partial charge is 0.109 e. The highest BCUT2D eigenvalue weighted by molar-refractivity contribution is 6.12.